The van der Waals surface area contributed by atoms with Crippen LogP contribution in [0.5, 0.6) is 0 Å². The van der Waals surface area contributed by atoms with Crippen LogP contribution in [-0.2, 0) is 33.0 Å². The Bertz CT molecular complexity index is 691. The van der Waals surface area contributed by atoms with E-state index in [-0.39, 0.29) is 0 Å². The van der Waals surface area contributed by atoms with Crippen molar-refractivity contribution in [1.82, 2.24) is 15.1 Å². The Balaban J connectivity index is 1.65. The molecular formula is C17H21N3O2. The van der Waals surface area contributed by atoms with E-state index in [1.54, 1.807) is 18.2 Å². The number of carbonyl (C=O) groups is 1. The van der Waals surface area contributed by atoms with Crippen LogP contribution >= 0.6 is 0 Å². The van der Waals surface area contributed by atoms with Crippen LogP contribution in [0.4, 0.5) is 0 Å². The number of hydrogen-bond donors (Lipinski definition) is 2. The van der Waals surface area contributed by atoms with E-state index >= 15 is 0 Å². The maximum atomic E-state index is 11.0. The van der Waals surface area contributed by atoms with Gasteiger partial charge < -0.3 is 10.4 Å². The van der Waals surface area contributed by atoms with E-state index in [1.165, 1.54) is 29.8 Å². The third kappa shape index (κ3) is 3.04. The number of nitrogens with one attached hydrogen (secondary N) is 1. The van der Waals surface area contributed by atoms with E-state index < -0.39 is 5.97 Å². The second-order valence-electron chi connectivity index (χ2n) is 5.81. The molecule has 0 saturated carbocycles. The summed E-state index contributed by atoms with van der Waals surface area (Å²) >= 11 is 0. The van der Waals surface area contributed by atoms with Crippen LogP contribution in [0.15, 0.2) is 24.3 Å². The summed E-state index contributed by atoms with van der Waals surface area (Å²) < 4.78 is 1.98. The molecule has 0 amide bonds. The number of aromatic carboxylic acids is 1. The van der Waals surface area contributed by atoms with Crippen molar-refractivity contribution in [1.29, 1.82) is 0 Å². The summed E-state index contributed by atoms with van der Waals surface area (Å²) in [5.74, 6) is -0.887. The molecule has 22 heavy (non-hydrogen) atoms. The number of benzene rings is 1. The largest absolute Gasteiger partial charge is 0.478 e. The third-order valence-electron chi connectivity index (χ3n) is 4.24. The highest BCUT2D eigenvalue weighted by molar-refractivity contribution is 5.87. The number of fused-ring (bicyclic) bond motifs is 1. The molecule has 0 aliphatic heterocycles. The van der Waals surface area contributed by atoms with Crippen molar-refractivity contribution in [3.8, 4) is 0 Å². The molecule has 3 rings (SSSR count). The minimum atomic E-state index is -0.887. The lowest BCUT2D eigenvalue weighted by molar-refractivity contribution is 0.0696. The fourth-order valence-corrected chi connectivity index (χ4v) is 3.11. The van der Waals surface area contributed by atoms with Crippen LogP contribution < -0.4 is 5.32 Å². The van der Waals surface area contributed by atoms with Gasteiger partial charge in [0.2, 0.25) is 0 Å². The molecule has 1 aromatic carbocycles. The average molecular weight is 299 g/mol. The summed E-state index contributed by atoms with van der Waals surface area (Å²) in [5, 5.41) is 17.0. The first-order valence-electron chi connectivity index (χ1n) is 7.71. The Morgan fingerprint density at radius 3 is 2.95 bits per heavy atom. The Morgan fingerprint density at radius 2 is 2.14 bits per heavy atom. The summed E-state index contributed by atoms with van der Waals surface area (Å²) in [6.45, 7) is 1.41. The molecule has 1 heterocycles. The number of nitrogens with zero attached hydrogens (tertiary/aromatic N) is 2. The highest BCUT2D eigenvalue weighted by Crippen LogP contribution is 2.23. The fourth-order valence-electron chi connectivity index (χ4n) is 3.11. The number of rotatable bonds is 5. The van der Waals surface area contributed by atoms with Crippen LogP contribution in [0.1, 0.15) is 45.7 Å². The van der Waals surface area contributed by atoms with Gasteiger partial charge in [0.15, 0.2) is 0 Å². The van der Waals surface area contributed by atoms with E-state index in [4.69, 9.17) is 5.11 Å². The molecule has 5 nitrogen and oxygen atoms in total. The van der Waals surface area contributed by atoms with Crippen LogP contribution in [0.3, 0.4) is 0 Å². The zero-order chi connectivity index (χ0) is 15.5. The molecular weight excluding hydrogens is 278 g/mol. The van der Waals surface area contributed by atoms with E-state index in [0.29, 0.717) is 12.1 Å². The maximum Gasteiger partial charge on any atom is 0.335 e. The summed E-state index contributed by atoms with van der Waals surface area (Å²) in [6, 6.07) is 7.06. The Labute approximate surface area is 130 Å². The molecule has 0 spiro atoms. The van der Waals surface area contributed by atoms with Crippen LogP contribution in [-0.4, -0.2) is 20.9 Å². The van der Waals surface area contributed by atoms with Gasteiger partial charge in [0.1, 0.15) is 0 Å². The van der Waals surface area contributed by atoms with Crippen LogP contribution in [0.2, 0.25) is 0 Å². The molecule has 5 heteroatoms. The fraction of sp³-hybridized carbons (Fsp3) is 0.412. The molecule has 0 radical (unpaired) electrons. The molecule has 1 aliphatic carbocycles. The molecule has 2 N–H and O–H groups in total. The van der Waals surface area contributed by atoms with Gasteiger partial charge >= 0.3 is 5.97 Å². The van der Waals surface area contributed by atoms with Gasteiger partial charge in [0.25, 0.3) is 0 Å². The average Bonchev–Trinajstić information content (AvgIpc) is 2.84. The van der Waals surface area contributed by atoms with Crippen molar-refractivity contribution in [3.05, 3.63) is 52.3 Å². The second-order valence-corrected chi connectivity index (χ2v) is 5.81. The predicted molar refractivity (Wildman–Crippen MR) is 83.8 cm³/mol. The number of aromatic nitrogens is 2. The van der Waals surface area contributed by atoms with Gasteiger partial charge in [-0.05, 0) is 48.9 Å². The van der Waals surface area contributed by atoms with Crippen molar-refractivity contribution in [2.45, 2.75) is 38.8 Å². The SMILES string of the molecule is Cn1nc2c(c1CNCc1cccc(C(=O)O)c1)CCCC2. The standard InChI is InChI=1S/C17H21N3O2/c1-20-16(14-7-2-3-8-15(14)19-20)11-18-10-12-5-4-6-13(9-12)17(21)22/h4-6,9,18H,2-3,7-8,10-11H2,1H3,(H,21,22). The predicted octanol–water partition coefficient (Wildman–Crippen LogP) is 2.29. The molecule has 1 aliphatic rings. The van der Waals surface area contributed by atoms with Crippen molar-refractivity contribution in [2.75, 3.05) is 0 Å². The maximum absolute atomic E-state index is 11.0. The topological polar surface area (TPSA) is 67.2 Å². The summed E-state index contributed by atoms with van der Waals surface area (Å²) in [6.07, 6.45) is 4.68. The molecule has 0 unspecified atom stereocenters. The number of carboxylic acid groups (broad SMARTS) is 1. The molecule has 0 saturated heterocycles. The molecule has 2 aromatic rings. The molecule has 0 fully saturated rings. The van der Waals surface area contributed by atoms with Gasteiger partial charge in [-0.2, -0.15) is 5.10 Å². The Morgan fingerprint density at radius 1 is 1.32 bits per heavy atom. The first-order chi connectivity index (χ1) is 10.6. The lowest BCUT2D eigenvalue weighted by atomic mass is 9.96. The van der Waals surface area contributed by atoms with Gasteiger partial charge in [-0.1, -0.05) is 12.1 Å². The molecule has 116 valence electrons. The second kappa shape index (κ2) is 6.32. The van der Waals surface area contributed by atoms with Crippen LogP contribution in [0.25, 0.3) is 0 Å². The zero-order valence-corrected chi connectivity index (χ0v) is 12.8. The lowest BCUT2D eigenvalue weighted by Gasteiger charge is -2.12. The molecule has 0 bridgehead atoms. The number of aryl methyl sites for hydroxylation is 2. The van der Waals surface area contributed by atoms with Crippen molar-refractivity contribution < 1.29 is 9.90 Å². The van der Waals surface area contributed by atoms with Crippen LogP contribution in [0, 0.1) is 0 Å². The lowest BCUT2D eigenvalue weighted by Crippen LogP contribution is -2.17. The van der Waals surface area contributed by atoms with E-state index in [0.717, 1.165) is 24.9 Å². The summed E-state index contributed by atoms with van der Waals surface area (Å²) in [4.78, 5) is 11.0. The van der Waals surface area contributed by atoms with Gasteiger partial charge in [-0.25, -0.2) is 4.79 Å². The van der Waals surface area contributed by atoms with Crippen molar-refractivity contribution in [2.24, 2.45) is 7.05 Å². The van der Waals surface area contributed by atoms with E-state index in [2.05, 4.69) is 10.4 Å². The smallest absolute Gasteiger partial charge is 0.335 e. The monoisotopic (exact) mass is 299 g/mol. The molecule has 0 atom stereocenters. The Kier molecular flexibility index (Phi) is 4.24. The van der Waals surface area contributed by atoms with E-state index in [9.17, 15) is 4.79 Å². The van der Waals surface area contributed by atoms with Gasteiger partial charge in [-0.15, -0.1) is 0 Å². The summed E-state index contributed by atoms with van der Waals surface area (Å²) in [5.41, 5.74) is 5.22. The first-order valence-corrected chi connectivity index (χ1v) is 7.71. The normalized spacial score (nSPS) is 13.9. The number of hydrogen-bond acceptors (Lipinski definition) is 3. The highest BCUT2D eigenvalue weighted by Gasteiger charge is 2.18. The van der Waals surface area contributed by atoms with Crippen molar-refractivity contribution >= 4 is 5.97 Å². The van der Waals surface area contributed by atoms with Gasteiger partial charge in [0, 0.05) is 20.1 Å². The third-order valence-corrected chi connectivity index (χ3v) is 4.24. The first kappa shape index (κ1) is 14.8. The minimum Gasteiger partial charge on any atom is -0.478 e. The van der Waals surface area contributed by atoms with Crippen molar-refractivity contribution in [3.63, 3.8) is 0 Å². The quantitative estimate of drug-likeness (QED) is 0.889. The van der Waals surface area contributed by atoms with Gasteiger partial charge in [-0.3, -0.25) is 4.68 Å². The van der Waals surface area contributed by atoms with E-state index in [1.807, 2.05) is 17.8 Å². The zero-order valence-electron chi connectivity index (χ0n) is 12.8. The molecule has 1 aromatic heterocycles. The number of carboxylic acids is 1. The Hall–Kier alpha value is -2.14. The minimum absolute atomic E-state index is 0.331. The van der Waals surface area contributed by atoms with Gasteiger partial charge in [0.05, 0.1) is 17.0 Å². The highest BCUT2D eigenvalue weighted by atomic mass is 16.4. The summed E-state index contributed by atoms with van der Waals surface area (Å²) in [7, 11) is 2.00.